The molecule has 0 saturated heterocycles. The number of halogens is 2. The summed E-state index contributed by atoms with van der Waals surface area (Å²) in [5, 5.41) is 10.9. The van der Waals surface area contributed by atoms with E-state index in [1.807, 2.05) is 12.2 Å². The summed E-state index contributed by atoms with van der Waals surface area (Å²) >= 11 is 11.0. The lowest BCUT2D eigenvalue weighted by molar-refractivity contribution is 0.0980. The molecular formula is C21H23BrClN3O2S2. The van der Waals surface area contributed by atoms with Gasteiger partial charge >= 0.3 is 6.03 Å². The fraction of sp³-hybridized carbons (Fsp3) is 0.286. The zero-order chi connectivity index (χ0) is 21.5. The molecule has 0 radical (unpaired) electrons. The van der Waals surface area contributed by atoms with Gasteiger partial charge in [0.05, 0.1) is 15.2 Å². The first-order chi connectivity index (χ1) is 14.5. The molecule has 2 aromatic rings. The number of allylic oxidation sites excluding steroid dienone is 2. The molecule has 9 heteroatoms. The van der Waals surface area contributed by atoms with Crippen molar-refractivity contribution in [2.24, 2.45) is 0 Å². The highest BCUT2D eigenvalue weighted by Gasteiger charge is 2.17. The van der Waals surface area contributed by atoms with Crippen LogP contribution in [-0.4, -0.2) is 16.8 Å². The number of nitrogens with zero attached hydrogens (tertiary/aromatic N) is 1. The second kappa shape index (κ2) is 11.1. The SMILES string of the molecule is CCCCCC(=O)c1cc(Cl)ccc1NC(=O)Nc1nc(C[SH]2C=CC=C2)c(Br)s1. The van der Waals surface area contributed by atoms with Gasteiger partial charge in [0.25, 0.3) is 0 Å². The van der Waals surface area contributed by atoms with Gasteiger partial charge < -0.3 is 5.32 Å². The average Bonchev–Trinajstić information content (AvgIpc) is 3.33. The van der Waals surface area contributed by atoms with Crippen LogP contribution in [0.1, 0.15) is 48.7 Å². The molecule has 0 saturated carbocycles. The number of benzene rings is 1. The number of nitrogens with one attached hydrogen (secondary N) is 2. The largest absolute Gasteiger partial charge is 0.325 e. The minimum absolute atomic E-state index is 0.0273. The maximum Gasteiger partial charge on any atom is 0.325 e. The number of hydrogen-bond donors (Lipinski definition) is 3. The van der Waals surface area contributed by atoms with E-state index >= 15 is 0 Å². The van der Waals surface area contributed by atoms with Crippen LogP contribution in [0.3, 0.4) is 0 Å². The van der Waals surface area contributed by atoms with E-state index in [1.54, 1.807) is 18.2 Å². The lowest BCUT2D eigenvalue weighted by Gasteiger charge is -2.11. The number of aromatic nitrogens is 1. The van der Waals surface area contributed by atoms with E-state index in [0.29, 0.717) is 27.8 Å². The van der Waals surface area contributed by atoms with Gasteiger partial charge in [-0.15, -0.1) is 0 Å². The van der Waals surface area contributed by atoms with Crippen LogP contribution in [0.15, 0.2) is 45.0 Å². The molecule has 0 aliphatic carbocycles. The summed E-state index contributed by atoms with van der Waals surface area (Å²) < 4.78 is 0.910. The zero-order valence-corrected chi connectivity index (χ0v) is 20.5. The van der Waals surface area contributed by atoms with Crippen LogP contribution in [0.25, 0.3) is 0 Å². The van der Waals surface area contributed by atoms with Crippen LogP contribution >= 0.6 is 49.8 Å². The third kappa shape index (κ3) is 6.44. The van der Waals surface area contributed by atoms with Gasteiger partial charge in [-0.1, -0.05) is 54.9 Å². The summed E-state index contributed by atoms with van der Waals surface area (Å²) in [6.07, 6.45) is 7.37. The molecular weight excluding hydrogens is 506 g/mol. The Balaban J connectivity index is 1.65. The van der Waals surface area contributed by atoms with Crippen molar-refractivity contribution >= 4 is 72.4 Å². The van der Waals surface area contributed by atoms with Crippen molar-refractivity contribution in [2.45, 2.75) is 38.4 Å². The zero-order valence-electron chi connectivity index (χ0n) is 16.5. The number of ketones is 1. The van der Waals surface area contributed by atoms with Gasteiger partial charge in [-0.05, 0) is 51.4 Å². The van der Waals surface area contributed by atoms with Gasteiger partial charge in [-0.2, -0.15) is 0 Å². The molecule has 0 bridgehead atoms. The first kappa shape index (κ1) is 23.1. The smallest absolute Gasteiger partial charge is 0.307 e. The highest BCUT2D eigenvalue weighted by molar-refractivity contribution is 9.11. The Morgan fingerprint density at radius 3 is 2.70 bits per heavy atom. The van der Waals surface area contributed by atoms with Crippen molar-refractivity contribution in [3.05, 3.63) is 61.2 Å². The summed E-state index contributed by atoms with van der Waals surface area (Å²) in [7, 11) is -0.331. The van der Waals surface area contributed by atoms with Crippen molar-refractivity contribution in [1.29, 1.82) is 0 Å². The summed E-state index contributed by atoms with van der Waals surface area (Å²) in [5.74, 6) is 0.802. The maximum absolute atomic E-state index is 12.6. The van der Waals surface area contributed by atoms with Gasteiger partial charge in [-0.3, -0.25) is 10.1 Å². The second-order valence-corrected chi connectivity index (χ2v) is 11.4. The summed E-state index contributed by atoms with van der Waals surface area (Å²) in [5.41, 5.74) is 1.80. The van der Waals surface area contributed by atoms with Crippen LogP contribution in [0.2, 0.25) is 5.02 Å². The summed E-state index contributed by atoms with van der Waals surface area (Å²) in [4.78, 5) is 29.7. The molecule has 2 N–H and O–H groups in total. The van der Waals surface area contributed by atoms with Crippen molar-refractivity contribution < 1.29 is 9.59 Å². The topological polar surface area (TPSA) is 71.1 Å². The second-order valence-electron chi connectivity index (χ2n) is 6.74. The molecule has 0 unspecified atom stereocenters. The lowest BCUT2D eigenvalue weighted by Crippen LogP contribution is -2.21. The number of Topliss-reactive ketones (excluding diaryl/α,β-unsaturated/α-hetero) is 1. The van der Waals surface area contributed by atoms with E-state index in [4.69, 9.17) is 11.6 Å². The normalized spacial score (nSPS) is 13.6. The molecule has 0 fully saturated rings. The number of amides is 2. The van der Waals surface area contributed by atoms with E-state index in [1.165, 1.54) is 11.3 Å². The van der Waals surface area contributed by atoms with Crippen LogP contribution < -0.4 is 10.6 Å². The van der Waals surface area contributed by atoms with Crippen LogP contribution in [-0.2, 0) is 5.75 Å². The van der Waals surface area contributed by atoms with Crippen LogP contribution in [0, 0.1) is 0 Å². The van der Waals surface area contributed by atoms with E-state index in [-0.39, 0.29) is 16.7 Å². The number of hydrogen-bond acceptors (Lipinski definition) is 4. The van der Waals surface area contributed by atoms with E-state index in [0.717, 1.165) is 34.5 Å². The lowest BCUT2D eigenvalue weighted by atomic mass is 10.0. The fourth-order valence-electron chi connectivity index (χ4n) is 2.91. The molecule has 1 aliphatic rings. The third-order valence-corrected chi connectivity index (χ3v) is 8.16. The van der Waals surface area contributed by atoms with Gasteiger partial charge in [-0.25, -0.2) is 20.7 Å². The summed E-state index contributed by atoms with van der Waals surface area (Å²) in [6.45, 7) is 2.09. The Bertz CT molecular complexity index is 979. The first-order valence-corrected chi connectivity index (χ1v) is 13.3. The molecule has 1 aliphatic heterocycles. The molecule has 0 spiro atoms. The molecule has 30 heavy (non-hydrogen) atoms. The van der Waals surface area contributed by atoms with E-state index in [2.05, 4.69) is 49.3 Å². The molecule has 2 amide bonds. The number of urea groups is 1. The third-order valence-electron chi connectivity index (χ3n) is 4.41. The number of thiazole rings is 1. The average molecular weight is 529 g/mol. The number of thiol groups is 1. The molecule has 1 aromatic heterocycles. The first-order valence-electron chi connectivity index (χ1n) is 9.63. The highest BCUT2D eigenvalue weighted by atomic mass is 79.9. The minimum atomic E-state index is -0.445. The number of carbonyl (C=O) groups excluding carboxylic acids is 2. The van der Waals surface area contributed by atoms with E-state index in [9.17, 15) is 9.59 Å². The molecule has 5 nitrogen and oxygen atoms in total. The van der Waals surface area contributed by atoms with Gasteiger partial charge in [0.15, 0.2) is 10.9 Å². The fourth-order valence-corrected chi connectivity index (χ4v) is 6.33. The Kier molecular flexibility index (Phi) is 8.56. The van der Waals surface area contributed by atoms with Crippen LogP contribution in [0.5, 0.6) is 0 Å². The Morgan fingerprint density at radius 1 is 1.20 bits per heavy atom. The molecule has 3 rings (SSSR count). The summed E-state index contributed by atoms with van der Waals surface area (Å²) in [6, 6.07) is 4.47. The van der Waals surface area contributed by atoms with Crippen molar-refractivity contribution in [2.75, 3.05) is 10.6 Å². The number of anilines is 2. The maximum atomic E-state index is 12.6. The molecule has 2 heterocycles. The van der Waals surface area contributed by atoms with Gasteiger partial charge in [0, 0.05) is 22.8 Å². The quantitative estimate of drug-likeness (QED) is 0.179. The number of carbonyl (C=O) groups is 2. The number of unbranched alkanes of at least 4 members (excludes halogenated alkanes) is 2. The van der Waals surface area contributed by atoms with Crippen LogP contribution in [0.4, 0.5) is 15.6 Å². The van der Waals surface area contributed by atoms with Crippen molar-refractivity contribution in [3.63, 3.8) is 0 Å². The predicted molar refractivity (Wildman–Crippen MR) is 133 cm³/mol. The van der Waals surface area contributed by atoms with E-state index < -0.39 is 6.03 Å². The van der Waals surface area contributed by atoms with Crippen molar-refractivity contribution in [1.82, 2.24) is 4.98 Å². The Labute approximate surface area is 196 Å². The Hall–Kier alpha value is -1.61. The molecule has 160 valence electrons. The van der Waals surface area contributed by atoms with Crippen molar-refractivity contribution in [3.8, 4) is 0 Å². The Morgan fingerprint density at radius 2 is 1.97 bits per heavy atom. The monoisotopic (exact) mass is 527 g/mol. The minimum Gasteiger partial charge on any atom is -0.307 e. The molecule has 1 aromatic carbocycles. The highest BCUT2D eigenvalue weighted by Crippen LogP contribution is 2.40. The standard InChI is InChI=1S/C21H23BrClN3O2S2/c1-2-3-4-7-18(27)15-12-14(23)8-9-16(15)24-20(28)26-21-25-17(19(22)29-21)13-30-10-5-6-11-30/h5-6,8-12,30H,2-4,7,13H2,1H3,(H2,24,25,26,28). The number of rotatable bonds is 9. The van der Waals surface area contributed by atoms with Gasteiger partial charge in [0.1, 0.15) is 0 Å². The van der Waals surface area contributed by atoms with Gasteiger partial charge in [0.2, 0.25) is 0 Å². The molecule has 0 atom stereocenters. The predicted octanol–water partition coefficient (Wildman–Crippen LogP) is 7.51.